The number of carbonyl (C=O) groups excluding carboxylic acids is 2. The minimum absolute atomic E-state index is 0.168. The molecule has 0 bridgehead atoms. The van der Waals surface area contributed by atoms with Crippen molar-refractivity contribution in [3.8, 4) is 0 Å². The molecular formula is C15H22N6O2S. The van der Waals surface area contributed by atoms with Gasteiger partial charge in [-0.15, -0.1) is 10.2 Å². The smallest absolute Gasteiger partial charge is 0.323 e. The van der Waals surface area contributed by atoms with Gasteiger partial charge in [0.2, 0.25) is 0 Å². The fourth-order valence-corrected chi connectivity index (χ4v) is 5.54. The zero-order chi connectivity index (χ0) is 16.7. The van der Waals surface area contributed by atoms with Crippen molar-refractivity contribution in [3.05, 3.63) is 5.69 Å². The van der Waals surface area contributed by atoms with E-state index in [9.17, 15) is 9.59 Å². The van der Waals surface area contributed by atoms with Crippen LogP contribution in [0.15, 0.2) is 0 Å². The average Bonchev–Trinajstić information content (AvgIpc) is 3.29. The van der Waals surface area contributed by atoms with Gasteiger partial charge in [0.25, 0.3) is 5.91 Å². The topological polar surface area (TPSA) is 94.2 Å². The van der Waals surface area contributed by atoms with Crippen LogP contribution in [0.25, 0.3) is 0 Å². The monoisotopic (exact) mass is 350 g/mol. The maximum atomic E-state index is 12.6. The quantitative estimate of drug-likeness (QED) is 0.837. The normalized spacial score (nSPS) is 29.1. The molecule has 4 rings (SSSR count). The Balaban J connectivity index is 1.44. The van der Waals surface area contributed by atoms with Crippen LogP contribution in [0.5, 0.6) is 0 Å². The van der Waals surface area contributed by atoms with Gasteiger partial charge in [0.1, 0.15) is 0 Å². The van der Waals surface area contributed by atoms with Crippen LogP contribution in [-0.2, 0) is 0 Å². The summed E-state index contributed by atoms with van der Waals surface area (Å²) in [7, 11) is 0. The fraction of sp³-hybridized carbons (Fsp3) is 0.733. The maximum absolute atomic E-state index is 12.6. The molecule has 0 unspecified atom stereocenters. The molecule has 3 amide bonds. The van der Waals surface area contributed by atoms with Gasteiger partial charge in [-0.3, -0.25) is 10.1 Å². The van der Waals surface area contributed by atoms with Crippen LogP contribution < -0.4 is 5.32 Å². The number of aromatic nitrogens is 3. The second kappa shape index (κ2) is 5.94. The van der Waals surface area contributed by atoms with Crippen molar-refractivity contribution >= 4 is 29.5 Å². The highest BCUT2D eigenvalue weighted by atomic mass is 32.2. The summed E-state index contributed by atoms with van der Waals surface area (Å²) in [6.07, 6.45) is 2.02. The Labute approximate surface area is 144 Å². The van der Waals surface area contributed by atoms with Gasteiger partial charge in [-0.25, -0.2) is 4.79 Å². The summed E-state index contributed by atoms with van der Waals surface area (Å²) in [5, 5.41) is 13.1. The summed E-state index contributed by atoms with van der Waals surface area (Å²) in [4.78, 5) is 28.7. The predicted molar refractivity (Wildman–Crippen MR) is 91.0 cm³/mol. The summed E-state index contributed by atoms with van der Waals surface area (Å²) < 4.78 is 0. The number of aromatic amines is 1. The zero-order valence-corrected chi connectivity index (χ0v) is 14.6. The number of anilines is 1. The number of hydrogen-bond donors (Lipinski definition) is 2. The Bertz CT molecular complexity index is 658. The van der Waals surface area contributed by atoms with Crippen molar-refractivity contribution in [2.45, 2.75) is 19.8 Å². The zero-order valence-electron chi connectivity index (χ0n) is 13.7. The number of rotatable bonds is 2. The predicted octanol–water partition coefficient (Wildman–Crippen LogP) is 1.26. The number of nitrogens with zero attached hydrogens (tertiary/aromatic N) is 4. The summed E-state index contributed by atoms with van der Waals surface area (Å²) in [6.45, 7) is 5.25. The number of amides is 3. The highest BCUT2D eigenvalue weighted by Gasteiger charge is 2.48. The number of nitrogens with one attached hydrogen (secondary N) is 2. The molecule has 24 heavy (non-hydrogen) atoms. The van der Waals surface area contributed by atoms with E-state index in [-0.39, 0.29) is 28.9 Å². The van der Waals surface area contributed by atoms with E-state index in [1.165, 1.54) is 0 Å². The van der Waals surface area contributed by atoms with Crippen LogP contribution in [0, 0.1) is 11.3 Å². The Morgan fingerprint density at radius 1 is 1.29 bits per heavy atom. The van der Waals surface area contributed by atoms with Gasteiger partial charge < -0.3 is 9.80 Å². The third kappa shape index (κ3) is 2.64. The molecule has 3 saturated heterocycles. The first-order valence-electron chi connectivity index (χ1n) is 8.40. The van der Waals surface area contributed by atoms with E-state index in [2.05, 4.69) is 27.7 Å². The van der Waals surface area contributed by atoms with E-state index in [0.717, 1.165) is 50.5 Å². The Morgan fingerprint density at radius 3 is 2.83 bits per heavy atom. The molecule has 0 saturated carbocycles. The van der Waals surface area contributed by atoms with Gasteiger partial charge in [0.05, 0.1) is 0 Å². The summed E-state index contributed by atoms with van der Waals surface area (Å²) >= 11 is 1.97. The minimum Gasteiger partial charge on any atom is -0.337 e. The number of thioether (sulfide) groups is 1. The lowest BCUT2D eigenvalue weighted by Crippen LogP contribution is -2.36. The van der Waals surface area contributed by atoms with Crippen LogP contribution in [0.3, 0.4) is 0 Å². The molecular weight excluding hydrogens is 328 g/mol. The molecule has 9 heteroatoms. The summed E-state index contributed by atoms with van der Waals surface area (Å²) in [5.41, 5.74) is 0.409. The first-order chi connectivity index (χ1) is 11.6. The van der Waals surface area contributed by atoms with Crippen LogP contribution in [0.4, 0.5) is 10.6 Å². The molecule has 8 nitrogen and oxygen atoms in total. The van der Waals surface area contributed by atoms with Crippen LogP contribution >= 0.6 is 11.8 Å². The SMILES string of the molecule is C[C@]12CSC[C@H]1CN(C(=O)Nc1n[nH]nc1C(=O)N1CCCC1)C2. The third-order valence-electron chi connectivity index (χ3n) is 5.39. The van der Waals surface area contributed by atoms with Crippen molar-refractivity contribution < 1.29 is 9.59 Å². The van der Waals surface area contributed by atoms with E-state index < -0.39 is 0 Å². The van der Waals surface area contributed by atoms with Crippen molar-refractivity contribution in [2.24, 2.45) is 11.3 Å². The molecule has 130 valence electrons. The van der Waals surface area contributed by atoms with Gasteiger partial charge >= 0.3 is 6.03 Å². The molecule has 1 aromatic rings. The third-order valence-corrected chi connectivity index (χ3v) is 6.89. The van der Waals surface area contributed by atoms with Crippen LogP contribution in [0.1, 0.15) is 30.3 Å². The highest BCUT2D eigenvalue weighted by Crippen LogP contribution is 2.46. The largest absolute Gasteiger partial charge is 0.337 e. The summed E-state index contributed by atoms with van der Waals surface area (Å²) in [5.74, 6) is 2.83. The van der Waals surface area contributed by atoms with Gasteiger partial charge in [0, 0.05) is 31.9 Å². The standard InChI is InChI=1S/C15H22N6O2S/c1-15-8-21(6-10(15)7-24-9-15)14(23)16-12-11(17-19-18-12)13(22)20-4-2-3-5-20/h10H,2-9H2,1H3,(H2,16,17,18,19,23)/t10-,15+/m1/s1. The van der Waals surface area contributed by atoms with E-state index in [1.54, 1.807) is 4.90 Å². The van der Waals surface area contributed by atoms with E-state index in [4.69, 9.17) is 0 Å². The average molecular weight is 350 g/mol. The Hall–Kier alpha value is -1.77. The van der Waals surface area contributed by atoms with Crippen molar-refractivity contribution in [1.29, 1.82) is 0 Å². The van der Waals surface area contributed by atoms with Gasteiger partial charge in [-0.05, 0) is 29.9 Å². The van der Waals surface area contributed by atoms with Crippen LogP contribution in [0.2, 0.25) is 0 Å². The fourth-order valence-electron chi connectivity index (χ4n) is 3.84. The molecule has 2 N–H and O–H groups in total. The number of H-pyrrole nitrogens is 1. The number of carbonyl (C=O) groups is 2. The number of urea groups is 1. The van der Waals surface area contributed by atoms with Gasteiger partial charge in [-0.1, -0.05) is 6.92 Å². The van der Waals surface area contributed by atoms with E-state index in [1.807, 2.05) is 16.7 Å². The maximum Gasteiger partial charge on any atom is 0.323 e. The minimum atomic E-state index is -0.194. The lowest BCUT2D eigenvalue weighted by Gasteiger charge is -2.22. The second-order valence-electron chi connectivity index (χ2n) is 7.20. The highest BCUT2D eigenvalue weighted by molar-refractivity contribution is 7.99. The molecule has 1 aromatic heterocycles. The number of likely N-dealkylation sites (tertiary alicyclic amines) is 2. The molecule has 0 radical (unpaired) electrons. The molecule has 4 heterocycles. The van der Waals surface area contributed by atoms with Gasteiger partial charge in [-0.2, -0.15) is 17.0 Å². The van der Waals surface area contributed by atoms with Crippen LogP contribution in [-0.4, -0.2) is 74.8 Å². The summed E-state index contributed by atoms with van der Waals surface area (Å²) in [6, 6.07) is -0.194. The lowest BCUT2D eigenvalue weighted by molar-refractivity contribution is 0.0788. The van der Waals surface area contributed by atoms with Crippen molar-refractivity contribution in [1.82, 2.24) is 25.2 Å². The molecule has 0 aromatic carbocycles. The Kier molecular flexibility index (Phi) is 3.90. The molecule has 0 aliphatic carbocycles. The Morgan fingerprint density at radius 2 is 2.08 bits per heavy atom. The molecule has 0 spiro atoms. The van der Waals surface area contributed by atoms with Gasteiger partial charge in [0.15, 0.2) is 11.5 Å². The van der Waals surface area contributed by atoms with Crippen molar-refractivity contribution in [2.75, 3.05) is 43.0 Å². The number of hydrogen-bond acceptors (Lipinski definition) is 5. The van der Waals surface area contributed by atoms with Crippen molar-refractivity contribution in [3.63, 3.8) is 0 Å². The first-order valence-corrected chi connectivity index (χ1v) is 9.56. The first kappa shape index (κ1) is 15.7. The second-order valence-corrected chi connectivity index (χ2v) is 8.23. The van der Waals surface area contributed by atoms with E-state index >= 15 is 0 Å². The molecule has 3 aliphatic rings. The lowest BCUT2D eigenvalue weighted by atomic mass is 9.84. The van der Waals surface area contributed by atoms with E-state index in [0.29, 0.717) is 5.92 Å². The molecule has 2 atom stereocenters. The molecule has 3 aliphatic heterocycles. The molecule has 3 fully saturated rings. The number of fused-ring (bicyclic) bond motifs is 1.